The van der Waals surface area contributed by atoms with Crippen LogP contribution < -0.4 is 10.6 Å². The summed E-state index contributed by atoms with van der Waals surface area (Å²) in [5.74, 6) is 0. The summed E-state index contributed by atoms with van der Waals surface area (Å²) in [4.78, 5) is 0.307. The summed E-state index contributed by atoms with van der Waals surface area (Å²) in [5, 5.41) is 6.91. The molecule has 1 saturated carbocycles. The number of anilines is 1. The normalized spacial score (nSPS) is 14.8. The number of thiocarbonyl (C=S) groups is 1. The van der Waals surface area contributed by atoms with Gasteiger partial charge >= 0.3 is 0 Å². The summed E-state index contributed by atoms with van der Waals surface area (Å²) in [6.07, 6.45) is 2.27. The van der Waals surface area contributed by atoms with Crippen LogP contribution in [0.3, 0.4) is 0 Å². The molecule has 0 spiro atoms. The van der Waals surface area contributed by atoms with Crippen LogP contribution in [0.1, 0.15) is 37.8 Å². The SMILES string of the molecule is CCN(CC)S(=O)(=O)c1cc(C)c(C)c(NC(=S)NC2CC2)c1. The molecule has 5 nitrogen and oxygen atoms in total. The van der Waals surface area contributed by atoms with Crippen LogP contribution in [-0.4, -0.2) is 37.0 Å². The third kappa shape index (κ3) is 4.22. The molecule has 2 rings (SSSR count). The second-order valence-corrected chi connectivity index (χ2v) is 8.22. The van der Waals surface area contributed by atoms with Gasteiger partial charge in [0.2, 0.25) is 10.0 Å². The number of sulfonamides is 1. The van der Waals surface area contributed by atoms with Gasteiger partial charge in [-0.1, -0.05) is 13.8 Å². The van der Waals surface area contributed by atoms with Gasteiger partial charge < -0.3 is 10.6 Å². The minimum absolute atomic E-state index is 0.307. The lowest BCUT2D eigenvalue weighted by Gasteiger charge is -2.21. The number of hydrogen-bond donors (Lipinski definition) is 2. The number of nitrogens with one attached hydrogen (secondary N) is 2. The van der Waals surface area contributed by atoms with Crippen molar-refractivity contribution in [3.63, 3.8) is 0 Å². The Labute approximate surface area is 144 Å². The van der Waals surface area contributed by atoms with Crippen LogP contribution in [0.5, 0.6) is 0 Å². The van der Waals surface area contributed by atoms with Crippen molar-refractivity contribution in [3.05, 3.63) is 23.3 Å². The highest BCUT2D eigenvalue weighted by atomic mass is 32.2. The maximum Gasteiger partial charge on any atom is 0.243 e. The standard InChI is InChI=1S/C16H25N3O2S2/c1-5-19(6-2)23(20,21)14-9-11(3)12(4)15(10-14)18-16(22)17-13-7-8-13/h9-10,13H,5-8H2,1-4H3,(H2,17,18,22). The second-order valence-electron chi connectivity index (χ2n) is 5.87. The molecule has 0 atom stereocenters. The molecule has 0 aliphatic heterocycles. The summed E-state index contributed by atoms with van der Waals surface area (Å²) in [5.41, 5.74) is 2.67. The fraction of sp³-hybridized carbons (Fsp3) is 0.562. The molecule has 0 saturated heterocycles. The van der Waals surface area contributed by atoms with E-state index < -0.39 is 10.0 Å². The Balaban J connectivity index is 2.33. The lowest BCUT2D eigenvalue weighted by atomic mass is 10.1. The number of benzene rings is 1. The maximum atomic E-state index is 12.7. The van der Waals surface area contributed by atoms with E-state index in [9.17, 15) is 8.42 Å². The van der Waals surface area contributed by atoms with E-state index in [0.29, 0.717) is 29.1 Å². The lowest BCUT2D eigenvalue weighted by molar-refractivity contribution is 0.445. The van der Waals surface area contributed by atoms with Gasteiger partial charge in [-0.3, -0.25) is 0 Å². The van der Waals surface area contributed by atoms with E-state index in [-0.39, 0.29) is 0 Å². The van der Waals surface area contributed by atoms with Gasteiger partial charge in [-0.25, -0.2) is 8.42 Å². The fourth-order valence-corrected chi connectivity index (χ4v) is 4.24. The van der Waals surface area contributed by atoms with Crippen molar-refractivity contribution >= 4 is 33.0 Å². The highest BCUT2D eigenvalue weighted by molar-refractivity contribution is 7.89. The zero-order valence-electron chi connectivity index (χ0n) is 14.1. The largest absolute Gasteiger partial charge is 0.360 e. The number of hydrogen-bond acceptors (Lipinski definition) is 3. The third-order valence-corrected chi connectivity index (χ3v) is 6.39. The van der Waals surface area contributed by atoms with E-state index in [2.05, 4.69) is 10.6 Å². The molecular formula is C16H25N3O2S2. The molecule has 0 unspecified atom stereocenters. The molecule has 1 aliphatic carbocycles. The average molecular weight is 356 g/mol. The van der Waals surface area contributed by atoms with Gasteiger partial charge in [0.25, 0.3) is 0 Å². The van der Waals surface area contributed by atoms with Gasteiger partial charge in [-0.15, -0.1) is 0 Å². The molecular weight excluding hydrogens is 330 g/mol. The topological polar surface area (TPSA) is 61.4 Å². The first-order valence-electron chi connectivity index (χ1n) is 7.98. The maximum absolute atomic E-state index is 12.7. The Kier molecular flexibility index (Phi) is 5.65. The van der Waals surface area contributed by atoms with Crippen LogP contribution in [0, 0.1) is 13.8 Å². The zero-order chi connectivity index (χ0) is 17.2. The first kappa shape index (κ1) is 18.2. The quantitative estimate of drug-likeness (QED) is 0.769. The molecule has 128 valence electrons. The van der Waals surface area contributed by atoms with Crippen molar-refractivity contribution < 1.29 is 8.42 Å². The van der Waals surface area contributed by atoms with Gasteiger partial charge in [0.15, 0.2) is 5.11 Å². The third-order valence-electron chi connectivity index (χ3n) is 4.14. The van der Waals surface area contributed by atoms with Gasteiger partial charge in [0.05, 0.1) is 4.90 Å². The van der Waals surface area contributed by atoms with E-state index >= 15 is 0 Å². The average Bonchev–Trinajstić information content (AvgIpc) is 3.28. The predicted octanol–water partition coefficient (Wildman–Crippen LogP) is 2.78. The van der Waals surface area contributed by atoms with Crippen molar-refractivity contribution in [2.75, 3.05) is 18.4 Å². The summed E-state index contributed by atoms with van der Waals surface area (Å²) in [6.45, 7) is 8.47. The highest BCUT2D eigenvalue weighted by Gasteiger charge is 2.24. The Morgan fingerprint density at radius 1 is 1.26 bits per heavy atom. The van der Waals surface area contributed by atoms with Crippen LogP contribution in [0.2, 0.25) is 0 Å². The Bertz CT molecular complexity index is 694. The number of rotatable bonds is 6. The molecule has 1 aromatic rings. The molecule has 0 bridgehead atoms. The van der Waals surface area contributed by atoms with Crippen LogP contribution >= 0.6 is 12.2 Å². The molecule has 0 heterocycles. The second kappa shape index (κ2) is 7.15. The van der Waals surface area contributed by atoms with Gasteiger partial charge in [0.1, 0.15) is 0 Å². The minimum atomic E-state index is -3.48. The first-order valence-corrected chi connectivity index (χ1v) is 9.83. The molecule has 2 N–H and O–H groups in total. The van der Waals surface area contributed by atoms with Crippen molar-refractivity contribution in [1.29, 1.82) is 0 Å². The number of nitrogens with zero attached hydrogens (tertiary/aromatic N) is 1. The minimum Gasteiger partial charge on any atom is -0.360 e. The van der Waals surface area contributed by atoms with Crippen LogP contribution in [0.15, 0.2) is 17.0 Å². The van der Waals surface area contributed by atoms with E-state index in [4.69, 9.17) is 12.2 Å². The summed E-state index contributed by atoms with van der Waals surface area (Å²) < 4.78 is 26.9. The highest BCUT2D eigenvalue weighted by Crippen LogP contribution is 2.26. The molecule has 0 amide bonds. The summed E-state index contributed by atoms with van der Waals surface area (Å²) in [6, 6.07) is 3.86. The van der Waals surface area contributed by atoms with E-state index in [1.807, 2.05) is 27.7 Å². The monoisotopic (exact) mass is 355 g/mol. The van der Waals surface area contributed by atoms with Gasteiger partial charge in [-0.2, -0.15) is 4.31 Å². The van der Waals surface area contributed by atoms with Crippen LogP contribution in [0.25, 0.3) is 0 Å². The van der Waals surface area contributed by atoms with Gasteiger partial charge in [-0.05, 0) is 62.2 Å². The molecule has 1 aliphatic rings. The molecule has 0 radical (unpaired) electrons. The van der Waals surface area contributed by atoms with Crippen LogP contribution in [0.4, 0.5) is 5.69 Å². The molecule has 0 aromatic heterocycles. The van der Waals surface area contributed by atoms with E-state index in [0.717, 1.165) is 29.7 Å². The molecule has 7 heteroatoms. The number of aryl methyl sites for hydroxylation is 1. The Morgan fingerprint density at radius 2 is 1.87 bits per heavy atom. The molecule has 1 fully saturated rings. The van der Waals surface area contributed by atoms with Crippen molar-refractivity contribution in [2.24, 2.45) is 0 Å². The lowest BCUT2D eigenvalue weighted by Crippen LogP contribution is -2.32. The Hall–Kier alpha value is -1.18. The Morgan fingerprint density at radius 3 is 2.39 bits per heavy atom. The zero-order valence-corrected chi connectivity index (χ0v) is 15.8. The predicted molar refractivity (Wildman–Crippen MR) is 98.4 cm³/mol. The van der Waals surface area contributed by atoms with E-state index in [1.165, 1.54) is 4.31 Å². The van der Waals surface area contributed by atoms with Crippen molar-refractivity contribution in [1.82, 2.24) is 9.62 Å². The van der Waals surface area contributed by atoms with Crippen molar-refractivity contribution in [2.45, 2.75) is 51.5 Å². The van der Waals surface area contributed by atoms with Crippen LogP contribution in [-0.2, 0) is 10.0 Å². The first-order chi connectivity index (χ1) is 10.8. The summed E-state index contributed by atoms with van der Waals surface area (Å²) >= 11 is 5.31. The van der Waals surface area contributed by atoms with E-state index in [1.54, 1.807) is 12.1 Å². The molecule has 23 heavy (non-hydrogen) atoms. The summed E-state index contributed by atoms with van der Waals surface area (Å²) in [7, 11) is -3.48. The fourth-order valence-electron chi connectivity index (χ4n) is 2.39. The van der Waals surface area contributed by atoms with Crippen molar-refractivity contribution in [3.8, 4) is 0 Å². The smallest absolute Gasteiger partial charge is 0.243 e. The molecule has 1 aromatic carbocycles. The van der Waals surface area contributed by atoms with Gasteiger partial charge in [0, 0.05) is 24.8 Å².